The second-order valence-corrected chi connectivity index (χ2v) is 5.60. The van der Waals surface area contributed by atoms with Gasteiger partial charge in [-0.05, 0) is 33.3 Å². The smallest absolute Gasteiger partial charge is 0.317 e. The monoisotopic (exact) mass is 280 g/mol. The summed E-state index contributed by atoms with van der Waals surface area (Å²) in [5.41, 5.74) is 1.24. The van der Waals surface area contributed by atoms with Crippen molar-refractivity contribution in [2.24, 2.45) is 0 Å². The summed E-state index contributed by atoms with van der Waals surface area (Å²) in [6.07, 6.45) is 1.01. The number of carbonyl (C=O) groups is 1. The average molecular weight is 280 g/mol. The van der Waals surface area contributed by atoms with E-state index in [1.807, 2.05) is 18.7 Å². The van der Waals surface area contributed by atoms with Crippen LogP contribution in [0.2, 0.25) is 0 Å². The Balaban J connectivity index is 1.99. The van der Waals surface area contributed by atoms with Gasteiger partial charge in [0.15, 0.2) is 0 Å². The minimum atomic E-state index is -0.743. The van der Waals surface area contributed by atoms with Gasteiger partial charge in [0.2, 0.25) is 0 Å². The molecule has 0 amide bonds. The van der Waals surface area contributed by atoms with Crippen LogP contribution >= 0.6 is 0 Å². The third-order valence-electron chi connectivity index (χ3n) is 4.06. The van der Waals surface area contributed by atoms with Crippen LogP contribution in [0.3, 0.4) is 0 Å². The van der Waals surface area contributed by atoms with Gasteiger partial charge in [0, 0.05) is 37.8 Å². The third-order valence-corrected chi connectivity index (χ3v) is 4.06. The third kappa shape index (κ3) is 3.61. The number of hydrogen-bond donors (Lipinski definition) is 1. The van der Waals surface area contributed by atoms with E-state index in [-0.39, 0.29) is 6.54 Å². The zero-order valence-corrected chi connectivity index (χ0v) is 12.6. The molecule has 2 heterocycles. The molecule has 0 bridgehead atoms. The van der Waals surface area contributed by atoms with Crippen LogP contribution in [0, 0.1) is 13.8 Å². The van der Waals surface area contributed by atoms with E-state index in [9.17, 15) is 4.79 Å². The second kappa shape index (κ2) is 6.41. The molecule has 1 aliphatic rings. The molecule has 20 heavy (non-hydrogen) atoms. The Bertz CT molecular complexity index is 470. The maximum atomic E-state index is 10.8. The van der Waals surface area contributed by atoms with Crippen molar-refractivity contribution in [2.45, 2.75) is 33.2 Å². The molecule has 1 aliphatic heterocycles. The first-order valence-corrected chi connectivity index (χ1v) is 7.22. The highest BCUT2D eigenvalue weighted by molar-refractivity contribution is 5.69. The van der Waals surface area contributed by atoms with Crippen LogP contribution in [-0.2, 0) is 4.79 Å². The summed E-state index contributed by atoms with van der Waals surface area (Å²) in [6.45, 7) is 9.90. The number of rotatable bonds is 4. The summed E-state index contributed by atoms with van der Waals surface area (Å²) in [7, 11) is 0. The minimum absolute atomic E-state index is 0.145. The molecule has 5 nitrogen and oxygen atoms in total. The SMILES string of the molecule is Cc1cc(C(C)N2CCCN(CC(=O)O)CC2)c(C)o1. The molecule has 5 heteroatoms. The molecule has 1 aromatic heterocycles. The number of carboxylic acid groups (broad SMARTS) is 1. The molecule has 1 unspecified atom stereocenters. The van der Waals surface area contributed by atoms with Crippen molar-refractivity contribution < 1.29 is 14.3 Å². The quantitative estimate of drug-likeness (QED) is 0.914. The Morgan fingerprint density at radius 1 is 1.35 bits per heavy atom. The van der Waals surface area contributed by atoms with Crippen molar-refractivity contribution >= 4 is 5.97 Å². The Morgan fingerprint density at radius 3 is 2.70 bits per heavy atom. The highest BCUT2D eigenvalue weighted by Gasteiger charge is 2.23. The molecule has 0 radical (unpaired) electrons. The fourth-order valence-corrected chi connectivity index (χ4v) is 2.99. The highest BCUT2D eigenvalue weighted by atomic mass is 16.4. The standard InChI is InChI=1S/C15H24N2O3/c1-11-9-14(13(3)20-11)12(2)17-6-4-5-16(7-8-17)10-15(18)19/h9,12H,4-8,10H2,1-3H3,(H,18,19). The van der Waals surface area contributed by atoms with Crippen LogP contribution in [-0.4, -0.2) is 53.6 Å². The molecule has 1 aromatic rings. The minimum Gasteiger partial charge on any atom is -0.480 e. The van der Waals surface area contributed by atoms with Crippen LogP contribution in [0.25, 0.3) is 0 Å². The van der Waals surface area contributed by atoms with Crippen LogP contribution in [0.15, 0.2) is 10.5 Å². The molecule has 0 spiro atoms. The first-order valence-electron chi connectivity index (χ1n) is 7.22. The van der Waals surface area contributed by atoms with E-state index >= 15 is 0 Å². The molecule has 1 N–H and O–H groups in total. The lowest BCUT2D eigenvalue weighted by atomic mass is 10.1. The predicted molar refractivity (Wildman–Crippen MR) is 76.9 cm³/mol. The Morgan fingerprint density at radius 2 is 2.10 bits per heavy atom. The summed E-state index contributed by atoms with van der Waals surface area (Å²) in [5, 5.41) is 8.88. The predicted octanol–water partition coefficient (Wildman–Crippen LogP) is 2.05. The van der Waals surface area contributed by atoms with Gasteiger partial charge in [0.1, 0.15) is 11.5 Å². The van der Waals surface area contributed by atoms with Crippen LogP contribution in [0.5, 0.6) is 0 Å². The lowest BCUT2D eigenvalue weighted by Crippen LogP contribution is -2.35. The molecular weight excluding hydrogens is 256 g/mol. The van der Waals surface area contributed by atoms with Gasteiger partial charge in [-0.2, -0.15) is 0 Å². The van der Waals surface area contributed by atoms with Crippen molar-refractivity contribution in [3.8, 4) is 0 Å². The molecule has 1 atom stereocenters. The first-order chi connectivity index (χ1) is 9.47. The highest BCUT2D eigenvalue weighted by Crippen LogP contribution is 2.27. The van der Waals surface area contributed by atoms with E-state index in [4.69, 9.17) is 9.52 Å². The molecule has 0 aromatic carbocycles. The van der Waals surface area contributed by atoms with Crippen molar-refractivity contribution in [3.05, 3.63) is 23.2 Å². The molecule has 112 valence electrons. The summed E-state index contributed by atoms with van der Waals surface area (Å²) in [4.78, 5) is 15.2. The molecular formula is C15H24N2O3. The largest absolute Gasteiger partial charge is 0.480 e. The van der Waals surface area contributed by atoms with Gasteiger partial charge in [0.25, 0.3) is 0 Å². The Labute approximate surface area is 120 Å². The van der Waals surface area contributed by atoms with Crippen LogP contribution in [0.4, 0.5) is 0 Å². The van der Waals surface area contributed by atoms with Crippen molar-refractivity contribution in [3.63, 3.8) is 0 Å². The summed E-state index contributed by atoms with van der Waals surface area (Å²) in [5.74, 6) is 1.20. The van der Waals surface area contributed by atoms with Crippen molar-refractivity contribution in [1.82, 2.24) is 9.80 Å². The number of carboxylic acids is 1. The number of furan rings is 1. The van der Waals surface area contributed by atoms with Crippen LogP contribution in [0.1, 0.15) is 36.5 Å². The van der Waals surface area contributed by atoms with E-state index in [0.717, 1.165) is 44.1 Å². The Hall–Kier alpha value is -1.33. The summed E-state index contributed by atoms with van der Waals surface area (Å²) >= 11 is 0. The number of aryl methyl sites for hydroxylation is 2. The van der Waals surface area contributed by atoms with Gasteiger partial charge < -0.3 is 9.52 Å². The molecule has 1 saturated heterocycles. The number of hydrogen-bond acceptors (Lipinski definition) is 4. The van der Waals surface area contributed by atoms with Gasteiger partial charge in [-0.15, -0.1) is 0 Å². The van der Waals surface area contributed by atoms with Crippen molar-refractivity contribution in [2.75, 3.05) is 32.7 Å². The second-order valence-electron chi connectivity index (χ2n) is 5.60. The average Bonchev–Trinajstić information content (AvgIpc) is 2.58. The normalized spacial score (nSPS) is 19.8. The maximum Gasteiger partial charge on any atom is 0.317 e. The topological polar surface area (TPSA) is 56.9 Å². The molecule has 0 saturated carbocycles. The summed E-state index contributed by atoms with van der Waals surface area (Å²) in [6, 6.07) is 2.43. The van der Waals surface area contributed by atoms with Gasteiger partial charge in [-0.1, -0.05) is 0 Å². The number of aliphatic carboxylic acids is 1. The van der Waals surface area contributed by atoms with E-state index < -0.39 is 5.97 Å². The lowest BCUT2D eigenvalue weighted by molar-refractivity contribution is -0.138. The van der Waals surface area contributed by atoms with E-state index in [1.165, 1.54) is 5.56 Å². The molecule has 1 fully saturated rings. The van der Waals surface area contributed by atoms with Gasteiger partial charge in [0.05, 0.1) is 6.54 Å². The zero-order chi connectivity index (χ0) is 14.7. The Kier molecular flexibility index (Phi) is 4.83. The summed E-state index contributed by atoms with van der Waals surface area (Å²) < 4.78 is 5.62. The van der Waals surface area contributed by atoms with Gasteiger partial charge in [-0.3, -0.25) is 14.6 Å². The first kappa shape index (κ1) is 15.1. The van der Waals surface area contributed by atoms with E-state index in [0.29, 0.717) is 6.04 Å². The zero-order valence-electron chi connectivity index (χ0n) is 12.6. The van der Waals surface area contributed by atoms with E-state index in [2.05, 4.69) is 17.9 Å². The maximum absolute atomic E-state index is 10.8. The molecule has 2 rings (SSSR count). The van der Waals surface area contributed by atoms with Gasteiger partial charge >= 0.3 is 5.97 Å². The molecule has 0 aliphatic carbocycles. The van der Waals surface area contributed by atoms with E-state index in [1.54, 1.807) is 0 Å². The van der Waals surface area contributed by atoms with Crippen molar-refractivity contribution in [1.29, 1.82) is 0 Å². The lowest BCUT2D eigenvalue weighted by Gasteiger charge is -2.27. The number of nitrogens with zero attached hydrogens (tertiary/aromatic N) is 2. The fraction of sp³-hybridized carbons (Fsp3) is 0.667. The van der Waals surface area contributed by atoms with Gasteiger partial charge in [-0.25, -0.2) is 0 Å². The van der Waals surface area contributed by atoms with Crippen LogP contribution < -0.4 is 0 Å². The fourth-order valence-electron chi connectivity index (χ4n) is 2.99.